The molecule has 6 aromatic rings. The summed E-state index contributed by atoms with van der Waals surface area (Å²) >= 11 is 7.87. The maximum Gasteiger partial charge on any atom is 0.469 e. The van der Waals surface area contributed by atoms with Crippen molar-refractivity contribution in [3.63, 3.8) is 0 Å². The van der Waals surface area contributed by atoms with Gasteiger partial charge in [-0.15, -0.1) is 11.8 Å². The summed E-state index contributed by atoms with van der Waals surface area (Å²) in [4.78, 5) is 38.7. The minimum atomic E-state index is -4.59. The Bertz CT molecular complexity index is 3220. The molecule has 0 unspecified atom stereocenters. The summed E-state index contributed by atoms with van der Waals surface area (Å²) in [7, 11) is -12.7. The molecule has 0 radical (unpaired) electrons. The van der Waals surface area contributed by atoms with Crippen molar-refractivity contribution < 1.29 is 45.6 Å². The molecule has 0 bridgehead atoms. The third-order valence-electron chi connectivity index (χ3n) is 13.4. The van der Waals surface area contributed by atoms with Gasteiger partial charge in [0, 0.05) is 108 Å². The van der Waals surface area contributed by atoms with Gasteiger partial charge >= 0.3 is 13.8 Å². The number of phosphoric acid groups is 1. The van der Waals surface area contributed by atoms with Crippen LogP contribution in [0.5, 0.6) is 0 Å². The normalized spacial score (nSPS) is 15.6. The number of aromatic nitrogens is 1. The minimum absolute atomic E-state index is 0.00608. The fourth-order valence-electron chi connectivity index (χ4n) is 9.82. The zero-order chi connectivity index (χ0) is 53.0. The number of carboxylic acids is 1. The summed E-state index contributed by atoms with van der Waals surface area (Å²) in [5.74, 6) is -0.419. The molecule has 0 aliphatic carbocycles. The molecule has 5 aromatic carbocycles. The van der Waals surface area contributed by atoms with E-state index in [4.69, 9.17) is 16.1 Å². The Morgan fingerprint density at radius 1 is 0.811 bits per heavy atom. The van der Waals surface area contributed by atoms with Crippen LogP contribution in [0.25, 0.3) is 22.4 Å². The Morgan fingerprint density at radius 3 is 2.07 bits per heavy atom. The summed E-state index contributed by atoms with van der Waals surface area (Å²) in [5, 5.41) is 14.6. The molecule has 3 heterocycles. The molecule has 0 spiro atoms. The molecule has 74 heavy (non-hydrogen) atoms. The van der Waals surface area contributed by atoms with E-state index >= 15 is 0 Å². The van der Waals surface area contributed by atoms with E-state index in [-0.39, 0.29) is 33.1 Å². The van der Waals surface area contributed by atoms with Gasteiger partial charge in [-0.25, -0.2) is 26.2 Å². The number of nitrogens with zero attached hydrogens (tertiary/aromatic N) is 4. The molecule has 394 valence electrons. The fraction of sp³-hybridized carbons (Fsp3) is 0.340. The quantitative estimate of drug-likeness (QED) is 0.0356. The number of phosphoric ester groups is 1. The first kappa shape index (κ1) is 54.9. The van der Waals surface area contributed by atoms with Crippen LogP contribution < -0.4 is 19.8 Å². The van der Waals surface area contributed by atoms with Crippen molar-refractivity contribution in [2.45, 2.75) is 72.9 Å². The lowest BCUT2D eigenvalue weighted by Crippen LogP contribution is -2.46. The molecule has 21 heteroatoms. The number of sulfone groups is 1. The number of carboxylic acid groups (broad SMARTS) is 1. The van der Waals surface area contributed by atoms with E-state index in [0.717, 1.165) is 39.3 Å². The second kappa shape index (κ2) is 23.3. The number of hydrogen-bond acceptors (Lipinski definition) is 12. The van der Waals surface area contributed by atoms with Gasteiger partial charge in [0.15, 0.2) is 9.84 Å². The second-order valence-electron chi connectivity index (χ2n) is 19.0. The highest BCUT2D eigenvalue weighted by Gasteiger charge is 2.30. The van der Waals surface area contributed by atoms with Crippen molar-refractivity contribution in [3.8, 4) is 22.4 Å². The smallest absolute Gasteiger partial charge is 0.469 e. The van der Waals surface area contributed by atoms with Gasteiger partial charge in [-0.1, -0.05) is 54.1 Å². The van der Waals surface area contributed by atoms with E-state index in [1.165, 1.54) is 18.2 Å². The molecule has 8 rings (SSSR count). The average Bonchev–Trinajstić information content (AvgIpc) is 3.68. The Morgan fingerprint density at radius 2 is 1.46 bits per heavy atom. The van der Waals surface area contributed by atoms with Crippen LogP contribution in [-0.2, 0) is 28.9 Å². The predicted molar refractivity (Wildman–Crippen MR) is 295 cm³/mol. The van der Waals surface area contributed by atoms with Crippen molar-refractivity contribution in [2.75, 3.05) is 77.7 Å². The molecule has 0 amide bonds. The third kappa shape index (κ3) is 13.5. The molecule has 2 aliphatic rings. The number of sulfonamides is 1. The SMILES string of the molecule is Cc1c(C(=O)O)c(-c2cccc(N3CCN(c4ccc(NS(=O)(=O)c5ccc(N[C@H](CCN6CCC(OP(=O)(O)O)CC6)CSc6ccccc6)c(S(C)(=O)=O)c5)cc4)CC3)c2)c(-c2ccc(Cl)cc2)n1C(C)C. The first-order chi connectivity index (χ1) is 35.1. The van der Waals surface area contributed by atoms with Gasteiger partial charge in [-0.2, -0.15) is 0 Å². The van der Waals surface area contributed by atoms with Crippen molar-refractivity contribution in [3.05, 3.63) is 138 Å². The largest absolute Gasteiger partial charge is 0.478 e. The van der Waals surface area contributed by atoms with Crippen LogP contribution in [0.1, 0.15) is 55.2 Å². The van der Waals surface area contributed by atoms with E-state index in [0.29, 0.717) is 92.8 Å². The number of thioether (sulfide) groups is 1. The summed E-state index contributed by atoms with van der Waals surface area (Å²) in [6.07, 6.45) is 2.05. The Labute approximate surface area is 442 Å². The number of nitrogens with one attached hydrogen (secondary N) is 2. The van der Waals surface area contributed by atoms with Gasteiger partial charge in [0.1, 0.15) is 0 Å². The predicted octanol–water partition coefficient (Wildman–Crippen LogP) is 10.1. The van der Waals surface area contributed by atoms with Crippen LogP contribution in [0.3, 0.4) is 0 Å². The van der Waals surface area contributed by atoms with Crippen molar-refractivity contribution in [1.82, 2.24) is 9.47 Å². The molecular weight excluding hydrogens is 1040 g/mol. The first-order valence-electron chi connectivity index (χ1n) is 24.4. The lowest BCUT2D eigenvalue weighted by atomic mass is 9.96. The van der Waals surface area contributed by atoms with Crippen molar-refractivity contribution in [1.29, 1.82) is 0 Å². The molecule has 1 aromatic heterocycles. The zero-order valence-electron chi connectivity index (χ0n) is 41.6. The standard InChI is InChI=1S/C53H62ClN6O10PS3/c1-36(2)60-37(3)50(53(61)62)51(52(60)38-13-15-40(54)16-14-38)39-9-8-10-44(33-39)59-31-29-58(30-32-59)43-19-17-41(18-20-43)56-74(68,69)47-21-22-48(49(34-47)73(4,66)67)55-42(35-72-46-11-6-5-7-12-46)23-26-57-27-24-45(25-28-57)70-71(63,64)65/h5-22,33-34,36,42,45,55-56H,23-32,35H2,1-4H3,(H,61,62)(H2,63,64,65)/t42-/m1/s1. The number of carbonyl (C=O) groups is 1. The van der Waals surface area contributed by atoms with Gasteiger partial charge in [-0.05, 0) is 130 Å². The van der Waals surface area contributed by atoms with Crippen molar-refractivity contribution in [2.24, 2.45) is 0 Å². The monoisotopic (exact) mass is 1100 g/mol. The Balaban J connectivity index is 0.929. The number of piperidine rings is 1. The van der Waals surface area contributed by atoms with E-state index in [1.807, 2.05) is 106 Å². The molecule has 0 saturated carbocycles. The van der Waals surface area contributed by atoms with Crippen LogP contribution in [0.15, 0.2) is 136 Å². The number of halogens is 1. The molecule has 1 atom stereocenters. The second-order valence-corrected chi connectivity index (χ2v) is 25.3. The van der Waals surface area contributed by atoms with E-state index < -0.39 is 39.8 Å². The number of hydrogen-bond donors (Lipinski definition) is 5. The maximum absolute atomic E-state index is 13.9. The van der Waals surface area contributed by atoms with Gasteiger partial charge in [0.25, 0.3) is 10.0 Å². The van der Waals surface area contributed by atoms with Crippen LogP contribution in [-0.4, -0.2) is 117 Å². The van der Waals surface area contributed by atoms with Gasteiger partial charge in [0.05, 0.1) is 32.8 Å². The molecule has 16 nitrogen and oxygen atoms in total. The third-order valence-corrected chi connectivity index (χ3v) is 17.9. The average molecular weight is 1110 g/mol. The lowest BCUT2D eigenvalue weighted by molar-refractivity contribution is 0.0690. The van der Waals surface area contributed by atoms with Gasteiger partial charge < -0.3 is 39.5 Å². The number of piperazine rings is 1. The lowest BCUT2D eigenvalue weighted by Gasteiger charge is -2.37. The molecule has 2 saturated heterocycles. The number of likely N-dealkylation sites (tertiary alicyclic amines) is 1. The summed E-state index contributed by atoms with van der Waals surface area (Å²) in [6.45, 7) is 10.4. The Kier molecular flexibility index (Phi) is 17.3. The van der Waals surface area contributed by atoms with Crippen LogP contribution >= 0.6 is 31.2 Å². The molecule has 2 aliphatic heterocycles. The highest BCUT2D eigenvalue weighted by atomic mass is 35.5. The van der Waals surface area contributed by atoms with E-state index in [2.05, 4.69) is 35.4 Å². The maximum atomic E-state index is 13.9. The fourth-order valence-corrected chi connectivity index (χ4v) is 13.6. The first-order valence-corrected chi connectivity index (χ1v) is 30.6. The van der Waals surface area contributed by atoms with Gasteiger partial charge in [-0.3, -0.25) is 9.25 Å². The number of aromatic carboxylic acids is 1. The minimum Gasteiger partial charge on any atom is -0.478 e. The van der Waals surface area contributed by atoms with Crippen LogP contribution in [0.4, 0.5) is 22.7 Å². The summed E-state index contributed by atoms with van der Waals surface area (Å²) in [6, 6.07) is 36.2. The van der Waals surface area contributed by atoms with Crippen LogP contribution in [0, 0.1) is 6.92 Å². The molecule has 5 N–H and O–H groups in total. The highest BCUT2D eigenvalue weighted by Crippen LogP contribution is 2.43. The van der Waals surface area contributed by atoms with Gasteiger partial charge in [0.2, 0.25) is 0 Å². The van der Waals surface area contributed by atoms with Crippen LogP contribution in [0.2, 0.25) is 5.02 Å². The summed E-state index contributed by atoms with van der Waals surface area (Å²) < 4.78 is 75.4. The Hall–Kier alpha value is -5.34. The molecular formula is C53H62ClN6O10PS3. The van der Waals surface area contributed by atoms with E-state index in [9.17, 15) is 41.1 Å². The summed E-state index contributed by atoms with van der Waals surface area (Å²) in [5.41, 5.74) is 6.54. The highest BCUT2D eigenvalue weighted by molar-refractivity contribution is 7.99. The zero-order valence-corrected chi connectivity index (χ0v) is 45.7. The van der Waals surface area contributed by atoms with Crippen molar-refractivity contribution >= 4 is 79.8 Å². The number of benzene rings is 5. The number of anilines is 4. The number of rotatable bonds is 20. The van der Waals surface area contributed by atoms with E-state index in [1.54, 1.807) is 23.9 Å². The topological polar surface area (TPSA) is 211 Å². The molecule has 2 fully saturated rings.